The minimum atomic E-state index is -0.474. The third-order valence-corrected chi connectivity index (χ3v) is 3.06. The Bertz CT molecular complexity index is 402. The molecule has 0 saturated carbocycles. The number of ether oxygens (including phenoxy) is 1. The van der Waals surface area contributed by atoms with Gasteiger partial charge in [-0.05, 0) is 34.5 Å². The summed E-state index contributed by atoms with van der Waals surface area (Å²) in [4.78, 5) is 11.8. The molecule has 4 nitrogen and oxygen atoms in total. The van der Waals surface area contributed by atoms with Gasteiger partial charge in [-0.3, -0.25) is 4.79 Å². The summed E-state index contributed by atoms with van der Waals surface area (Å²) in [6.07, 6.45) is 1.56. The lowest BCUT2D eigenvalue weighted by Gasteiger charge is -2.13. The number of nitrogens with one attached hydrogen (secondary N) is 1. The molecule has 0 aromatic heterocycles. The van der Waals surface area contributed by atoms with Gasteiger partial charge < -0.3 is 15.8 Å². The third-order valence-electron chi connectivity index (χ3n) is 2.37. The van der Waals surface area contributed by atoms with Gasteiger partial charge in [0.05, 0.1) is 18.8 Å². The number of amides is 1. The molecule has 1 rings (SSSR count). The zero-order chi connectivity index (χ0) is 12.8. The summed E-state index contributed by atoms with van der Waals surface area (Å²) in [5.41, 5.74) is 6.41. The van der Waals surface area contributed by atoms with Crippen LogP contribution in [0.4, 0.5) is 5.69 Å². The van der Waals surface area contributed by atoms with Crippen LogP contribution in [0.2, 0.25) is 0 Å². The summed E-state index contributed by atoms with van der Waals surface area (Å²) in [6.45, 7) is 1.99. The van der Waals surface area contributed by atoms with Gasteiger partial charge in [-0.1, -0.05) is 13.3 Å². The quantitative estimate of drug-likeness (QED) is 0.868. The van der Waals surface area contributed by atoms with E-state index in [1.165, 1.54) is 0 Å². The Morgan fingerprint density at radius 1 is 1.56 bits per heavy atom. The first-order valence-electron chi connectivity index (χ1n) is 5.48. The lowest BCUT2D eigenvalue weighted by Crippen LogP contribution is -2.35. The number of rotatable bonds is 5. The molecule has 18 heavy (non-hydrogen) atoms. The molecule has 0 radical (unpaired) electrons. The van der Waals surface area contributed by atoms with Crippen LogP contribution in [0.5, 0.6) is 5.75 Å². The van der Waals surface area contributed by atoms with Crippen LogP contribution in [0, 0.1) is 0 Å². The molecule has 0 spiro atoms. The van der Waals surface area contributed by atoms with Gasteiger partial charge in [0.2, 0.25) is 5.91 Å². The maximum atomic E-state index is 11.8. The largest absolute Gasteiger partial charge is 0.497 e. The fourth-order valence-electron chi connectivity index (χ4n) is 1.39. The fourth-order valence-corrected chi connectivity index (χ4v) is 1.74. The first-order valence-corrected chi connectivity index (χ1v) is 6.27. The number of halogens is 2. The number of carbonyl (C=O) groups excluding carboxylic acids is 1. The Morgan fingerprint density at radius 2 is 2.22 bits per heavy atom. The van der Waals surface area contributed by atoms with Crippen molar-refractivity contribution in [2.75, 3.05) is 12.4 Å². The number of carbonyl (C=O) groups is 1. The molecule has 0 fully saturated rings. The number of nitrogens with two attached hydrogens (primary N) is 1. The average Bonchev–Trinajstić information content (AvgIpc) is 2.32. The average molecular weight is 338 g/mol. The van der Waals surface area contributed by atoms with E-state index < -0.39 is 6.04 Å². The molecule has 0 aliphatic heterocycles. The summed E-state index contributed by atoms with van der Waals surface area (Å²) < 4.78 is 5.90. The van der Waals surface area contributed by atoms with Gasteiger partial charge in [-0.25, -0.2) is 0 Å². The van der Waals surface area contributed by atoms with Crippen LogP contribution in [0.3, 0.4) is 0 Å². The third kappa shape index (κ3) is 4.84. The van der Waals surface area contributed by atoms with Crippen LogP contribution in [-0.4, -0.2) is 19.1 Å². The topological polar surface area (TPSA) is 64.4 Å². The molecular formula is C12H18BrClN2O2. The van der Waals surface area contributed by atoms with E-state index in [9.17, 15) is 4.79 Å². The predicted molar refractivity (Wildman–Crippen MR) is 79.5 cm³/mol. The number of hydrogen-bond donors (Lipinski definition) is 2. The molecule has 0 heterocycles. The second kappa shape index (κ2) is 8.34. The van der Waals surface area contributed by atoms with E-state index in [0.29, 0.717) is 17.9 Å². The molecule has 1 atom stereocenters. The van der Waals surface area contributed by atoms with Crippen LogP contribution in [0.1, 0.15) is 19.8 Å². The van der Waals surface area contributed by atoms with Gasteiger partial charge in [0.25, 0.3) is 0 Å². The molecule has 6 heteroatoms. The maximum absolute atomic E-state index is 11.8. The second-order valence-corrected chi connectivity index (χ2v) is 4.58. The van der Waals surface area contributed by atoms with Gasteiger partial charge in [0, 0.05) is 10.5 Å². The Morgan fingerprint density at radius 3 is 2.78 bits per heavy atom. The Balaban J connectivity index is 0.00000289. The van der Waals surface area contributed by atoms with Crippen LogP contribution in [-0.2, 0) is 4.79 Å². The summed E-state index contributed by atoms with van der Waals surface area (Å²) in [5.74, 6) is 0.508. The summed E-state index contributed by atoms with van der Waals surface area (Å²) in [7, 11) is 1.58. The Hall–Kier alpha value is -0.780. The van der Waals surface area contributed by atoms with Crippen molar-refractivity contribution in [3.05, 3.63) is 22.7 Å². The molecule has 0 aliphatic rings. The highest BCUT2D eigenvalue weighted by Gasteiger charge is 2.13. The molecule has 0 bridgehead atoms. The molecule has 0 aliphatic carbocycles. The predicted octanol–water partition coefficient (Wildman–Crippen LogP) is 2.95. The van der Waals surface area contributed by atoms with Gasteiger partial charge in [-0.2, -0.15) is 0 Å². The molecule has 1 aromatic carbocycles. The van der Waals surface area contributed by atoms with Crippen LogP contribution < -0.4 is 15.8 Å². The van der Waals surface area contributed by atoms with Crippen LogP contribution in [0.25, 0.3) is 0 Å². The van der Waals surface area contributed by atoms with Crippen molar-refractivity contribution < 1.29 is 9.53 Å². The number of anilines is 1. The molecule has 102 valence electrons. The Labute approximate surface area is 122 Å². The van der Waals surface area contributed by atoms with Crippen LogP contribution in [0.15, 0.2) is 22.7 Å². The van der Waals surface area contributed by atoms with E-state index in [0.717, 1.165) is 10.9 Å². The van der Waals surface area contributed by atoms with Gasteiger partial charge in [-0.15, -0.1) is 12.4 Å². The fraction of sp³-hybridized carbons (Fsp3) is 0.417. The number of methoxy groups -OCH3 is 1. The molecular weight excluding hydrogens is 320 g/mol. The lowest BCUT2D eigenvalue weighted by atomic mass is 10.1. The van der Waals surface area contributed by atoms with Crippen LogP contribution >= 0.6 is 28.3 Å². The van der Waals surface area contributed by atoms with Crippen molar-refractivity contribution in [1.82, 2.24) is 0 Å². The lowest BCUT2D eigenvalue weighted by molar-refractivity contribution is -0.117. The Kier molecular flexibility index (Phi) is 7.98. The van der Waals surface area contributed by atoms with E-state index >= 15 is 0 Å². The monoisotopic (exact) mass is 336 g/mol. The first kappa shape index (κ1) is 17.2. The standard InChI is InChI=1S/C12H17BrN2O2.ClH/c1-3-4-10(14)12(16)15-11-7-8(17-2)5-6-9(11)13;/h5-7,10H,3-4,14H2,1-2H3,(H,15,16);1H. The van der Waals surface area contributed by atoms with E-state index in [-0.39, 0.29) is 18.3 Å². The highest BCUT2D eigenvalue weighted by molar-refractivity contribution is 9.10. The summed E-state index contributed by atoms with van der Waals surface area (Å²) in [6, 6.07) is 4.91. The smallest absolute Gasteiger partial charge is 0.241 e. The number of benzene rings is 1. The van der Waals surface area contributed by atoms with Crippen molar-refractivity contribution in [1.29, 1.82) is 0 Å². The van der Waals surface area contributed by atoms with E-state index in [4.69, 9.17) is 10.5 Å². The van der Waals surface area contributed by atoms with E-state index in [1.807, 2.05) is 19.1 Å². The maximum Gasteiger partial charge on any atom is 0.241 e. The first-order chi connectivity index (χ1) is 8.08. The van der Waals surface area contributed by atoms with Crippen molar-refractivity contribution in [2.24, 2.45) is 5.73 Å². The minimum Gasteiger partial charge on any atom is -0.497 e. The van der Waals surface area contributed by atoms with Gasteiger partial charge >= 0.3 is 0 Å². The van der Waals surface area contributed by atoms with E-state index in [2.05, 4.69) is 21.2 Å². The highest BCUT2D eigenvalue weighted by atomic mass is 79.9. The molecule has 1 amide bonds. The van der Waals surface area contributed by atoms with Crippen molar-refractivity contribution in [3.8, 4) is 5.75 Å². The highest BCUT2D eigenvalue weighted by Crippen LogP contribution is 2.27. The normalized spacial score (nSPS) is 11.3. The molecule has 1 unspecified atom stereocenters. The van der Waals surface area contributed by atoms with Crippen molar-refractivity contribution >= 4 is 39.9 Å². The second-order valence-electron chi connectivity index (χ2n) is 3.73. The molecule has 0 saturated heterocycles. The van der Waals surface area contributed by atoms with Crippen molar-refractivity contribution in [3.63, 3.8) is 0 Å². The molecule has 1 aromatic rings. The zero-order valence-corrected chi connectivity index (χ0v) is 12.8. The van der Waals surface area contributed by atoms with E-state index in [1.54, 1.807) is 13.2 Å². The van der Waals surface area contributed by atoms with Gasteiger partial charge in [0.15, 0.2) is 0 Å². The number of hydrogen-bond acceptors (Lipinski definition) is 3. The SMILES string of the molecule is CCCC(N)C(=O)Nc1cc(OC)ccc1Br.Cl. The van der Waals surface area contributed by atoms with Gasteiger partial charge in [0.1, 0.15) is 5.75 Å². The zero-order valence-electron chi connectivity index (χ0n) is 10.4. The summed E-state index contributed by atoms with van der Waals surface area (Å²) >= 11 is 3.37. The molecule has 3 N–H and O–H groups in total. The minimum absolute atomic E-state index is 0. The summed E-state index contributed by atoms with van der Waals surface area (Å²) in [5, 5.41) is 2.78. The van der Waals surface area contributed by atoms with Crippen molar-refractivity contribution in [2.45, 2.75) is 25.8 Å².